The zero-order valence-corrected chi connectivity index (χ0v) is 13.5. The third kappa shape index (κ3) is 2.63. The van der Waals surface area contributed by atoms with Crippen LogP contribution >= 0.6 is 0 Å². The zero-order valence-electron chi connectivity index (χ0n) is 12.7. The molecule has 112 valence electrons. The molecule has 0 bridgehead atoms. The van der Waals surface area contributed by atoms with Crippen LogP contribution in [0.5, 0.6) is 0 Å². The Kier molecular flexibility index (Phi) is 4.26. The molecule has 2 unspecified atom stereocenters. The van der Waals surface area contributed by atoms with Crippen molar-refractivity contribution in [1.82, 2.24) is 0 Å². The van der Waals surface area contributed by atoms with Crippen molar-refractivity contribution in [2.45, 2.75) is 58.3 Å². The zero-order chi connectivity index (χ0) is 15.1. The SMILES string of the molecule is Cc1cc(C)c(C)c(C(O)C2CCCCS2(=O)=O)c1C. The molecule has 1 aromatic carbocycles. The third-order valence-electron chi connectivity index (χ3n) is 4.70. The monoisotopic (exact) mass is 296 g/mol. The molecular weight excluding hydrogens is 272 g/mol. The quantitative estimate of drug-likeness (QED) is 0.913. The minimum Gasteiger partial charge on any atom is -0.387 e. The number of aryl methyl sites for hydroxylation is 2. The molecule has 0 spiro atoms. The second-order valence-electron chi connectivity index (χ2n) is 6.02. The summed E-state index contributed by atoms with van der Waals surface area (Å²) in [5.74, 6) is 0.206. The van der Waals surface area contributed by atoms with Gasteiger partial charge in [0.1, 0.15) is 0 Å². The number of hydrogen-bond donors (Lipinski definition) is 1. The van der Waals surface area contributed by atoms with Crippen LogP contribution in [0.1, 0.15) is 53.2 Å². The van der Waals surface area contributed by atoms with Gasteiger partial charge in [-0.1, -0.05) is 12.5 Å². The maximum absolute atomic E-state index is 12.2. The molecule has 1 N–H and O–H groups in total. The van der Waals surface area contributed by atoms with Gasteiger partial charge in [0.2, 0.25) is 0 Å². The van der Waals surface area contributed by atoms with Crippen LogP contribution in [0.15, 0.2) is 6.07 Å². The van der Waals surface area contributed by atoms with Crippen molar-refractivity contribution < 1.29 is 13.5 Å². The van der Waals surface area contributed by atoms with E-state index in [1.165, 1.54) is 0 Å². The summed E-state index contributed by atoms with van der Waals surface area (Å²) in [6.07, 6.45) is 1.26. The molecule has 1 aliphatic rings. The molecule has 0 saturated carbocycles. The summed E-state index contributed by atoms with van der Waals surface area (Å²) in [6, 6.07) is 2.09. The number of rotatable bonds is 2. The lowest BCUT2D eigenvalue weighted by molar-refractivity contribution is 0.163. The van der Waals surface area contributed by atoms with Crippen LogP contribution < -0.4 is 0 Å². The fourth-order valence-corrected chi connectivity index (χ4v) is 5.17. The Morgan fingerprint density at radius 3 is 2.15 bits per heavy atom. The highest BCUT2D eigenvalue weighted by Crippen LogP contribution is 2.35. The first kappa shape index (κ1) is 15.5. The Hall–Kier alpha value is -0.870. The van der Waals surface area contributed by atoms with Gasteiger partial charge in [0.25, 0.3) is 0 Å². The lowest BCUT2D eigenvalue weighted by atomic mass is 9.89. The van der Waals surface area contributed by atoms with E-state index in [2.05, 4.69) is 6.07 Å². The van der Waals surface area contributed by atoms with E-state index in [1.807, 2.05) is 27.7 Å². The van der Waals surface area contributed by atoms with Crippen molar-refractivity contribution in [3.63, 3.8) is 0 Å². The van der Waals surface area contributed by atoms with Gasteiger partial charge in [0, 0.05) is 0 Å². The minimum absolute atomic E-state index is 0.206. The van der Waals surface area contributed by atoms with Crippen LogP contribution in [-0.2, 0) is 9.84 Å². The molecule has 3 nitrogen and oxygen atoms in total. The van der Waals surface area contributed by atoms with E-state index in [-0.39, 0.29) is 5.75 Å². The van der Waals surface area contributed by atoms with Gasteiger partial charge in [-0.05, 0) is 68.4 Å². The smallest absolute Gasteiger partial charge is 0.156 e. The highest BCUT2D eigenvalue weighted by molar-refractivity contribution is 7.92. The second-order valence-corrected chi connectivity index (χ2v) is 8.36. The van der Waals surface area contributed by atoms with E-state index in [0.29, 0.717) is 6.42 Å². The van der Waals surface area contributed by atoms with Gasteiger partial charge < -0.3 is 5.11 Å². The van der Waals surface area contributed by atoms with Crippen LogP contribution in [0, 0.1) is 27.7 Å². The van der Waals surface area contributed by atoms with Crippen LogP contribution in [0.25, 0.3) is 0 Å². The van der Waals surface area contributed by atoms with Crippen LogP contribution in [0.3, 0.4) is 0 Å². The second kappa shape index (κ2) is 5.49. The lowest BCUT2D eigenvalue weighted by Crippen LogP contribution is -2.34. The van der Waals surface area contributed by atoms with Crippen molar-refractivity contribution in [1.29, 1.82) is 0 Å². The van der Waals surface area contributed by atoms with Crippen molar-refractivity contribution in [2.24, 2.45) is 0 Å². The van der Waals surface area contributed by atoms with Gasteiger partial charge in [-0.3, -0.25) is 0 Å². The summed E-state index contributed by atoms with van der Waals surface area (Å²) in [5.41, 5.74) is 5.06. The Bertz CT molecular complexity index is 591. The fraction of sp³-hybridized carbons (Fsp3) is 0.625. The topological polar surface area (TPSA) is 54.4 Å². The maximum atomic E-state index is 12.2. The molecule has 1 aromatic rings. The predicted molar refractivity (Wildman–Crippen MR) is 81.8 cm³/mol. The number of benzene rings is 1. The minimum atomic E-state index is -3.18. The van der Waals surface area contributed by atoms with Crippen LogP contribution in [0.2, 0.25) is 0 Å². The standard InChI is InChI=1S/C16H24O3S/c1-10-9-11(2)13(4)15(12(10)3)16(17)14-7-5-6-8-20(14,18)19/h9,14,16-17H,5-8H2,1-4H3. The summed E-state index contributed by atoms with van der Waals surface area (Å²) in [6.45, 7) is 7.95. The molecule has 20 heavy (non-hydrogen) atoms. The lowest BCUT2D eigenvalue weighted by Gasteiger charge is -2.29. The molecule has 0 radical (unpaired) electrons. The molecule has 2 atom stereocenters. The summed E-state index contributed by atoms with van der Waals surface area (Å²) in [7, 11) is -3.18. The Morgan fingerprint density at radius 1 is 1.10 bits per heavy atom. The molecule has 1 saturated heterocycles. The largest absolute Gasteiger partial charge is 0.387 e. The average Bonchev–Trinajstić information content (AvgIpc) is 2.36. The average molecular weight is 296 g/mol. The summed E-state index contributed by atoms with van der Waals surface area (Å²) < 4.78 is 24.5. The molecule has 0 amide bonds. The first-order chi connectivity index (χ1) is 9.25. The number of sulfone groups is 1. The fourth-order valence-electron chi connectivity index (χ4n) is 3.21. The summed E-state index contributed by atoms with van der Waals surface area (Å²) in [4.78, 5) is 0. The summed E-state index contributed by atoms with van der Waals surface area (Å²) >= 11 is 0. The molecule has 2 rings (SSSR count). The van der Waals surface area contributed by atoms with Gasteiger partial charge in [0.15, 0.2) is 9.84 Å². The van der Waals surface area contributed by atoms with Gasteiger partial charge in [-0.2, -0.15) is 0 Å². The Morgan fingerprint density at radius 2 is 1.65 bits per heavy atom. The first-order valence-corrected chi connectivity index (χ1v) is 8.94. The van der Waals surface area contributed by atoms with E-state index >= 15 is 0 Å². The Labute approximate surface area is 121 Å². The number of hydrogen-bond acceptors (Lipinski definition) is 3. The van der Waals surface area contributed by atoms with Crippen molar-refractivity contribution >= 4 is 9.84 Å². The molecule has 1 heterocycles. The van der Waals surface area contributed by atoms with Gasteiger partial charge in [-0.25, -0.2) is 8.42 Å². The van der Waals surface area contributed by atoms with Crippen molar-refractivity contribution in [3.8, 4) is 0 Å². The highest BCUT2D eigenvalue weighted by atomic mass is 32.2. The molecule has 1 fully saturated rings. The van der Waals surface area contributed by atoms with Crippen LogP contribution in [0.4, 0.5) is 0 Å². The van der Waals surface area contributed by atoms with E-state index in [0.717, 1.165) is 40.7 Å². The number of aliphatic hydroxyl groups is 1. The molecule has 4 heteroatoms. The molecule has 0 aromatic heterocycles. The van der Waals surface area contributed by atoms with Gasteiger partial charge >= 0.3 is 0 Å². The van der Waals surface area contributed by atoms with E-state index in [1.54, 1.807) is 0 Å². The summed E-state index contributed by atoms with van der Waals surface area (Å²) in [5, 5.41) is 10.1. The van der Waals surface area contributed by atoms with E-state index in [4.69, 9.17) is 0 Å². The van der Waals surface area contributed by atoms with Crippen molar-refractivity contribution in [2.75, 3.05) is 5.75 Å². The number of aliphatic hydroxyl groups excluding tert-OH is 1. The predicted octanol–water partition coefficient (Wildman–Crippen LogP) is 2.92. The normalized spacial score (nSPS) is 23.6. The molecular formula is C16H24O3S. The highest BCUT2D eigenvalue weighted by Gasteiger charge is 2.36. The van der Waals surface area contributed by atoms with Crippen LogP contribution in [-0.4, -0.2) is 24.5 Å². The van der Waals surface area contributed by atoms with E-state index in [9.17, 15) is 13.5 Å². The van der Waals surface area contributed by atoms with Gasteiger partial charge in [0.05, 0.1) is 17.1 Å². The third-order valence-corrected chi connectivity index (χ3v) is 6.97. The first-order valence-electron chi connectivity index (χ1n) is 7.22. The molecule has 1 aliphatic heterocycles. The maximum Gasteiger partial charge on any atom is 0.156 e. The molecule has 0 aliphatic carbocycles. The van der Waals surface area contributed by atoms with Gasteiger partial charge in [-0.15, -0.1) is 0 Å². The Balaban J connectivity index is 2.51. The van der Waals surface area contributed by atoms with Crippen molar-refractivity contribution in [3.05, 3.63) is 33.9 Å². The van der Waals surface area contributed by atoms with E-state index < -0.39 is 21.2 Å².